The van der Waals surface area contributed by atoms with Crippen molar-refractivity contribution in [2.75, 3.05) is 0 Å². The monoisotopic (exact) mass is 930 g/mol. The summed E-state index contributed by atoms with van der Waals surface area (Å²) in [6, 6.07) is 19.7. The predicted molar refractivity (Wildman–Crippen MR) is 199 cm³/mol. The molecule has 6 aromatic carbocycles. The van der Waals surface area contributed by atoms with Gasteiger partial charge in [0.25, 0.3) is 0 Å². The van der Waals surface area contributed by atoms with E-state index >= 15 is 17.6 Å². The lowest BCUT2D eigenvalue weighted by molar-refractivity contribution is -0.391. The first-order chi connectivity index (χ1) is 26.7. The molecule has 57 heavy (non-hydrogen) atoms. The van der Waals surface area contributed by atoms with E-state index in [1.54, 1.807) is 0 Å². The van der Waals surface area contributed by atoms with Crippen LogP contribution in [-0.4, -0.2) is 0 Å². The maximum Gasteiger partial charge on any atom is 0.416 e. The number of halogens is 14. The van der Waals surface area contributed by atoms with Crippen molar-refractivity contribution in [1.29, 1.82) is 0 Å². The number of alkyl halides is 12. The average molecular weight is 932 g/mol. The third kappa shape index (κ3) is 9.10. The number of benzene rings is 6. The highest BCUT2D eigenvalue weighted by Gasteiger charge is 2.47. The highest BCUT2D eigenvalue weighted by Crippen LogP contribution is 2.47. The van der Waals surface area contributed by atoms with Crippen molar-refractivity contribution in [1.82, 2.24) is 0 Å². The quantitative estimate of drug-likeness (QED) is 0.0982. The topological polar surface area (TPSA) is 9.23 Å². The molecule has 0 fully saturated rings. The average Bonchev–Trinajstić information content (AvgIpc) is 3.16. The number of hydrogen-bond acceptors (Lipinski definition) is 1. The van der Waals surface area contributed by atoms with Gasteiger partial charge in [-0.25, -0.2) is 13.5 Å². The molecule has 0 aliphatic heterocycles. The van der Waals surface area contributed by atoms with Gasteiger partial charge in [0.15, 0.2) is 0 Å². The first-order valence-electron chi connectivity index (χ1n) is 16.5. The van der Waals surface area contributed by atoms with E-state index in [-0.39, 0.29) is 66.3 Å². The fourth-order valence-electron chi connectivity index (χ4n) is 6.23. The van der Waals surface area contributed by atoms with Crippen LogP contribution in [0, 0.1) is 11.6 Å². The molecule has 0 amide bonds. The molecule has 0 saturated carbocycles. The van der Waals surface area contributed by atoms with Crippen molar-refractivity contribution >= 4 is 31.9 Å². The molecule has 0 spiro atoms. The zero-order valence-corrected chi connectivity index (χ0v) is 31.8. The summed E-state index contributed by atoms with van der Waals surface area (Å²) in [7, 11) is 0. The summed E-state index contributed by atoms with van der Waals surface area (Å²) in [5.74, 6) is -1.36. The molecule has 296 valence electrons. The normalized spacial score (nSPS) is 12.6. The Morgan fingerprint density at radius 1 is 0.368 bits per heavy atom. The summed E-state index contributed by atoms with van der Waals surface area (Å²) < 4.78 is 177. The first kappa shape index (κ1) is 42.0. The lowest BCUT2D eigenvalue weighted by atomic mass is 9.90. The van der Waals surface area contributed by atoms with E-state index in [2.05, 4.69) is 36.6 Å². The molecule has 0 heterocycles. The van der Waals surface area contributed by atoms with Crippen molar-refractivity contribution in [2.45, 2.75) is 35.2 Å². The molecule has 15 heteroatoms. The smallest absolute Gasteiger partial charge is 0.247 e. The molecule has 0 aliphatic rings. The Kier molecular flexibility index (Phi) is 11.8. The highest BCUT2D eigenvalue weighted by atomic mass is 79.9. The minimum absolute atomic E-state index is 0.0113. The molecule has 6 aromatic rings. The van der Waals surface area contributed by atoms with Crippen LogP contribution >= 0.6 is 31.9 Å². The summed E-state index contributed by atoms with van der Waals surface area (Å²) >= 11 is 6.42. The van der Waals surface area contributed by atoms with Crippen LogP contribution in [-0.2, 0) is 40.0 Å². The molecule has 0 bridgehead atoms. The summed E-state index contributed by atoms with van der Waals surface area (Å²) in [5, 5.41) is 0.0226. The second kappa shape index (κ2) is 16.0. The van der Waals surface area contributed by atoms with Crippen LogP contribution in [0.2, 0.25) is 0 Å². The molecule has 6 rings (SSSR count). The van der Waals surface area contributed by atoms with Gasteiger partial charge in [0, 0.05) is 10.7 Å². The standard InChI is InChI=1S/C42H24Br2F12O/c43-21-25-17-31(45)11-15-35(25)37-19-29(9-13-33(37)23-1-5-27(6-2-23)39(47,48)49)41(53,54)57-42(55,56)30-10-14-34(24-3-7-28(8-4-24)40(50,51)52)38(20-30)36-16-12-32(46)18-26(36)22-44/h1-20H,21-22H2. The molecule has 1 nitrogen and oxygen atoms in total. The molecular weight excluding hydrogens is 908 g/mol. The lowest BCUT2D eigenvalue weighted by Crippen LogP contribution is -2.29. The van der Waals surface area contributed by atoms with Gasteiger partial charge in [-0.1, -0.05) is 80.4 Å². The van der Waals surface area contributed by atoms with Crippen molar-refractivity contribution in [3.05, 3.63) is 166 Å². The lowest BCUT2D eigenvalue weighted by Gasteiger charge is -2.26. The third-order valence-corrected chi connectivity index (χ3v) is 10.2. The van der Waals surface area contributed by atoms with Gasteiger partial charge in [-0.15, -0.1) is 0 Å². The Hall–Kier alpha value is -4.60. The van der Waals surface area contributed by atoms with Gasteiger partial charge in [-0.2, -0.15) is 43.9 Å². The molecule has 0 saturated heterocycles. The van der Waals surface area contributed by atoms with Crippen LogP contribution < -0.4 is 0 Å². The Morgan fingerprint density at radius 2 is 0.684 bits per heavy atom. The summed E-state index contributed by atoms with van der Waals surface area (Å²) in [6.45, 7) is 0. The van der Waals surface area contributed by atoms with E-state index in [4.69, 9.17) is 0 Å². The molecular formula is C42H24Br2F12O. The van der Waals surface area contributed by atoms with Crippen LogP contribution in [0.1, 0.15) is 33.4 Å². The zero-order valence-electron chi connectivity index (χ0n) is 28.7. The molecule has 0 aliphatic carbocycles. The molecule has 0 unspecified atom stereocenters. The summed E-state index contributed by atoms with van der Waals surface area (Å²) in [6.07, 6.45) is -18.8. The Bertz CT molecular complexity index is 2240. The van der Waals surface area contributed by atoms with Gasteiger partial charge in [-0.05, 0) is 128 Å². The number of rotatable bonds is 10. The Labute approximate surface area is 334 Å². The third-order valence-electron chi connectivity index (χ3n) is 9.02. The van der Waals surface area contributed by atoms with E-state index in [0.717, 1.165) is 109 Å². The van der Waals surface area contributed by atoms with Gasteiger partial charge in [0.1, 0.15) is 11.6 Å². The van der Waals surface area contributed by atoms with Crippen LogP contribution in [0.4, 0.5) is 52.7 Å². The van der Waals surface area contributed by atoms with Crippen LogP contribution in [0.3, 0.4) is 0 Å². The maximum atomic E-state index is 16.0. The van der Waals surface area contributed by atoms with Gasteiger partial charge < -0.3 is 0 Å². The van der Waals surface area contributed by atoms with Crippen LogP contribution in [0.5, 0.6) is 0 Å². The SMILES string of the molecule is Fc1ccc(-c2cc(C(F)(F)OC(F)(F)c3ccc(-c4ccc(C(F)(F)F)cc4)c(-c4ccc(F)cc4CBr)c3)ccc2-c2ccc(C(F)(F)F)cc2)c(CBr)c1. The Morgan fingerprint density at radius 3 is 1.00 bits per heavy atom. The number of ether oxygens (including phenoxy) is 1. The van der Waals surface area contributed by atoms with Crippen molar-refractivity contribution in [3.63, 3.8) is 0 Å². The number of hydrogen-bond donors (Lipinski definition) is 0. The maximum absolute atomic E-state index is 16.0. The van der Waals surface area contributed by atoms with E-state index in [0.29, 0.717) is 0 Å². The van der Waals surface area contributed by atoms with E-state index in [1.165, 1.54) is 12.1 Å². The zero-order chi connectivity index (χ0) is 41.5. The summed E-state index contributed by atoms with van der Waals surface area (Å²) in [4.78, 5) is 0. The van der Waals surface area contributed by atoms with Gasteiger partial charge >= 0.3 is 24.6 Å². The van der Waals surface area contributed by atoms with E-state index in [9.17, 15) is 35.1 Å². The Balaban J connectivity index is 1.44. The fourth-order valence-corrected chi connectivity index (χ4v) is 7.16. The molecule has 0 N–H and O–H groups in total. The minimum Gasteiger partial charge on any atom is -0.247 e. The van der Waals surface area contributed by atoms with Crippen molar-refractivity contribution in [3.8, 4) is 44.5 Å². The van der Waals surface area contributed by atoms with Crippen LogP contribution in [0.15, 0.2) is 121 Å². The van der Waals surface area contributed by atoms with Gasteiger partial charge in [0.2, 0.25) is 0 Å². The second-order valence-corrected chi connectivity index (χ2v) is 13.8. The molecule has 0 atom stereocenters. The molecule has 0 aromatic heterocycles. The highest BCUT2D eigenvalue weighted by molar-refractivity contribution is 9.08. The van der Waals surface area contributed by atoms with Gasteiger partial charge in [0.05, 0.1) is 22.3 Å². The van der Waals surface area contributed by atoms with E-state index in [1.807, 2.05) is 0 Å². The summed E-state index contributed by atoms with van der Waals surface area (Å²) in [5.41, 5.74) is -2.89. The first-order valence-corrected chi connectivity index (χ1v) is 18.8. The fraction of sp³-hybridized carbons (Fsp3) is 0.143. The van der Waals surface area contributed by atoms with Crippen molar-refractivity contribution < 1.29 is 57.4 Å². The van der Waals surface area contributed by atoms with Crippen molar-refractivity contribution in [2.24, 2.45) is 0 Å². The van der Waals surface area contributed by atoms with Gasteiger partial charge in [-0.3, -0.25) is 0 Å². The molecule has 0 radical (unpaired) electrons. The van der Waals surface area contributed by atoms with Crippen LogP contribution in [0.25, 0.3) is 44.5 Å². The minimum atomic E-state index is -4.74. The van der Waals surface area contributed by atoms with E-state index < -0.39 is 58.5 Å². The second-order valence-electron chi connectivity index (χ2n) is 12.7. The predicted octanol–water partition coefficient (Wildman–Crippen LogP) is 15.3. The largest absolute Gasteiger partial charge is 0.416 e.